The number of ether oxygens (including phenoxy) is 1. The van der Waals surface area contributed by atoms with E-state index in [0.29, 0.717) is 5.56 Å². The molecule has 0 aliphatic rings. The van der Waals surface area contributed by atoms with Gasteiger partial charge < -0.3 is 4.74 Å². The van der Waals surface area contributed by atoms with E-state index in [1.54, 1.807) is 0 Å². The van der Waals surface area contributed by atoms with Crippen molar-refractivity contribution in [2.24, 2.45) is 0 Å². The van der Waals surface area contributed by atoms with Crippen LogP contribution in [0.3, 0.4) is 0 Å². The van der Waals surface area contributed by atoms with Crippen LogP contribution in [0.1, 0.15) is 21.5 Å². The second-order valence-electron chi connectivity index (χ2n) is 3.90. The normalized spacial score (nSPS) is 10.4. The van der Waals surface area contributed by atoms with E-state index < -0.39 is 0 Å². The van der Waals surface area contributed by atoms with Crippen LogP contribution in [-0.4, -0.2) is 13.1 Å². The highest BCUT2D eigenvalue weighted by Crippen LogP contribution is 2.24. The average molecular weight is 214 g/mol. The smallest absolute Gasteiger partial charge is 0.338 e. The molecule has 82 valence electrons. The minimum absolute atomic E-state index is 0.277. The Labute approximate surface area is 94.8 Å². The first kappa shape index (κ1) is 10.7. The minimum atomic E-state index is -0.277. The van der Waals surface area contributed by atoms with Gasteiger partial charge in [0.1, 0.15) is 0 Å². The number of hydrogen-bond donors (Lipinski definition) is 0. The maximum absolute atomic E-state index is 11.5. The van der Waals surface area contributed by atoms with Gasteiger partial charge in [-0.2, -0.15) is 0 Å². The van der Waals surface area contributed by atoms with Crippen LogP contribution in [0.15, 0.2) is 30.3 Å². The van der Waals surface area contributed by atoms with E-state index in [-0.39, 0.29) is 5.97 Å². The summed E-state index contributed by atoms with van der Waals surface area (Å²) in [5, 5.41) is 2.30. The Morgan fingerprint density at radius 2 is 1.81 bits per heavy atom. The molecule has 0 heterocycles. The molecule has 0 fully saturated rings. The predicted molar refractivity (Wildman–Crippen MR) is 64.8 cm³/mol. The fourth-order valence-electron chi connectivity index (χ4n) is 2.00. The molecule has 0 aromatic heterocycles. The van der Waals surface area contributed by atoms with Crippen molar-refractivity contribution in [2.75, 3.05) is 7.11 Å². The largest absolute Gasteiger partial charge is 0.465 e. The second-order valence-corrected chi connectivity index (χ2v) is 3.90. The molecule has 0 bridgehead atoms. The lowest BCUT2D eigenvalue weighted by atomic mass is 9.97. The van der Waals surface area contributed by atoms with Crippen LogP contribution in [0.4, 0.5) is 0 Å². The van der Waals surface area contributed by atoms with E-state index in [4.69, 9.17) is 4.74 Å². The number of benzene rings is 2. The van der Waals surface area contributed by atoms with Crippen LogP contribution in [0.25, 0.3) is 10.8 Å². The van der Waals surface area contributed by atoms with Gasteiger partial charge in [-0.05, 0) is 41.8 Å². The molecule has 2 rings (SSSR count). The zero-order valence-corrected chi connectivity index (χ0v) is 9.70. The van der Waals surface area contributed by atoms with E-state index >= 15 is 0 Å². The Morgan fingerprint density at radius 3 is 2.50 bits per heavy atom. The minimum Gasteiger partial charge on any atom is -0.465 e. The molecule has 0 spiro atoms. The molecular weight excluding hydrogens is 200 g/mol. The number of esters is 1. The van der Waals surface area contributed by atoms with Crippen LogP contribution in [0.5, 0.6) is 0 Å². The molecule has 2 heteroatoms. The highest BCUT2D eigenvalue weighted by molar-refractivity contribution is 5.99. The summed E-state index contributed by atoms with van der Waals surface area (Å²) in [5.74, 6) is -0.277. The molecule has 0 atom stereocenters. The van der Waals surface area contributed by atoms with Crippen molar-refractivity contribution >= 4 is 16.7 Å². The van der Waals surface area contributed by atoms with Crippen molar-refractivity contribution in [2.45, 2.75) is 13.8 Å². The third-order valence-corrected chi connectivity index (χ3v) is 2.95. The lowest BCUT2D eigenvalue weighted by molar-refractivity contribution is 0.0600. The maximum atomic E-state index is 11.5. The molecule has 0 aliphatic carbocycles. The quantitative estimate of drug-likeness (QED) is 0.681. The number of rotatable bonds is 1. The summed E-state index contributed by atoms with van der Waals surface area (Å²) in [7, 11) is 1.40. The molecule has 0 aliphatic heterocycles. The predicted octanol–water partition coefficient (Wildman–Crippen LogP) is 3.24. The van der Waals surface area contributed by atoms with Gasteiger partial charge in [-0.1, -0.05) is 24.3 Å². The fraction of sp³-hybridized carbons (Fsp3) is 0.214. The molecule has 2 aromatic carbocycles. The van der Waals surface area contributed by atoms with Gasteiger partial charge in [-0.3, -0.25) is 0 Å². The Hall–Kier alpha value is -1.83. The highest BCUT2D eigenvalue weighted by Gasteiger charge is 2.11. The van der Waals surface area contributed by atoms with Crippen molar-refractivity contribution in [3.8, 4) is 0 Å². The van der Waals surface area contributed by atoms with Crippen LogP contribution in [0.2, 0.25) is 0 Å². The van der Waals surface area contributed by atoms with Gasteiger partial charge in [0.25, 0.3) is 0 Å². The number of methoxy groups -OCH3 is 1. The summed E-state index contributed by atoms with van der Waals surface area (Å²) in [6, 6.07) is 9.91. The molecule has 2 aromatic rings. The molecular formula is C14H14O2. The number of fused-ring (bicyclic) bond motifs is 1. The van der Waals surface area contributed by atoms with Crippen LogP contribution in [0, 0.1) is 13.8 Å². The third-order valence-electron chi connectivity index (χ3n) is 2.95. The van der Waals surface area contributed by atoms with Gasteiger partial charge in [-0.15, -0.1) is 0 Å². The molecule has 0 amide bonds. The van der Waals surface area contributed by atoms with E-state index in [1.165, 1.54) is 18.1 Å². The lowest BCUT2D eigenvalue weighted by Crippen LogP contribution is -2.04. The van der Waals surface area contributed by atoms with Crippen LogP contribution in [-0.2, 0) is 4.74 Å². The summed E-state index contributed by atoms with van der Waals surface area (Å²) in [6.45, 7) is 4.02. The van der Waals surface area contributed by atoms with Crippen molar-refractivity contribution < 1.29 is 9.53 Å². The molecule has 0 unspecified atom stereocenters. The first-order chi connectivity index (χ1) is 7.65. The zero-order valence-electron chi connectivity index (χ0n) is 9.70. The van der Waals surface area contributed by atoms with Gasteiger partial charge in [0.05, 0.1) is 12.7 Å². The third kappa shape index (κ3) is 1.56. The van der Waals surface area contributed by atoms with Gasteiger partial charge >= 0.3 is 5.97 Å². The van der Waals surface area contributed by atoms with Crippen LogP contribution >= 0.6 is 0 Å². The maximum Gasteiger partial charge on any atom is 0.338 e. The Balaban J connectivity index is 2.75. The van der Waals surface area contributed by atoms with Crippen molar-refractivity contribution in [3.05, 3.63) is 47.0 Å². The summed E-state index contributed by atoms with van der Waals surface area (Å²) in [6.07, 6.45) is 0. The number of aryl methyl sites for hydroxylation is 2. The Morgan fingerprint density at radius 1 is 1.06 bits per heavy atom. The standard InChI is InChI=1S/C14H14O2/c1-9-5-4-6-12-10(2)13(14(15)16-3)8-7-11(9)12/h4-8H,1-3H3. The van der Waals surface area contributed by atoms with E-state index in [1.807, 2.05) is 31.2 Å². The summed E-state index contributed by atoms with van der Waals surface area (Å²) in [5.41, 5.74) is 2.84. The molecule has 2 nitrogen and oxygen atoms in total. The zero-order chi connectivity index (χ0) is 11.7. The molecule has 0 radical (unpaired) electrons. The lowest BCUT2D eigenvalue weighted by Gasteiger charge is -2.09. The van der Waals surface area contributed by atoms with Crippen LogP contribution < -0.4 is 0 Å². The van der Waals surface area contributed by atoms with E-state index in [0.717, 1.165) is 10.9 Å². The molecule has 0 saturated carbocycles. The average Bonchev–Trinajstić information content (AvgIpc) is 2.30. The summed E-state index contributed by atoms with van der Waals surface area (Å²) in [4.78, 5) is 11.5. The monoisotopic (exact) mass is 214 g/mol. The topological polar surface area (TPSA) is 26.3 Å². The van der Waals surface area contributed by atoms with E-state index in [9.17, 15) is 4.79 Å². The number of carbonyl (C=O) groups is 1. The van der Waals surface area contributed by atoms with Crippen molar-refractivity contribution in [1.29, 1.82) is 0 Å². The Bertz CT molecular complexity index is 556. The summed E-state index contributed by atoms with van der Waals surface area (Å²) < 4.78 is 4.76. The SMILES string of the molecule is COC(=O)c1ccc2c(C)cccc2c1C. The second kappa shape index (κ2) is 3.97. The molecule has 0 saturated heterocycles. The summed E-state index contributed by atoms with van der Waals surface area (Å²) >= 11 is 0. The first-order valence-electron chi connectivity index (χ1n) is 5.22. The van der Waals surface area contributed by atoms with Gasteiger partial charge in [0.15, 0.2) is 0 Å². The Kier molecular flexibility index (Phi) is 2.65. The van der Waals surface area contributed by atoms with Crippen molar-refractivity contribution in [1.82, 2.24) is 0 Å². The van der Waals surface area contributed by atoms with E-state index in [2.05, 4.69) is 13.0 Å². The first-order valence-corrected chi connectivity index (χ1v) is 5.22. The number of hydrogen-bond acceptors (Lipinski definition) is 2. The fourth-order valence-corrected chi connectivity index (χ4v) is 2.00. The number of carbonyl (C=O) groups excluding carboxylic acids is 1. The van der Waals surface area contributed by atoms with Gasteiger partial charge in [0, 0.05) is 0 Å². The van der Waals surface area contributed by atoms with Crippen molar-refractivity contribution in [3.63, 3.8) is 0 Å². The van der Waals surface area contributed by atoms with Gasteiger partial charge in [-0.25, -0.2) is 4.79 Å². The van der Waals surface area contributed by atoms with Gasteiger partial charge in [0.2, 0.25) is 0 Å². The molecule has 16 heavy (non-hydrogen) atoms. The molecule has 0 N–H and O–H groups in total. The highest BCUT2D eigenvalue weighted by atomic mass is 16.5.